The zero-order valence-corrected chi connectivity index (χ0v) is 14.4. The number of benzene rings is 1. The van der Waals surface area contributed by atoms with E-state index in [1.807, 2.05) is 30.0 Å². The van der Waals surface area contributed by atoms with Crippen LogP contribution in [0.5, 0.6) is 11.5 Å². The van der Waals surface area contributed by atoms with Crippen LogP contribution < -0.4 is 19.7 Å². The largest absolute Gasteiger partial charge is 0.454 e. The van der Waals surface area contributed by atoms with Crippen molar-refractivity contribution in [3.8, 4) is 11.5 Å². The summed E-state index contributed by atoms with van der Waals surface area (Å²) in [6.45, 7) is 3.77. The fourth-order valence-corrected chi connectivity index (χ4v) is 3.90. The molecule has 134 valence electrons. The number of carbonyl (C=O) groups excluding carboxylic acids is 1. The molecule has 2 bridgehead atoms. The summed E-state index contributed by atoms with van der Waals surface area (Å²) in [5, 5.41) is 2.97. The smallest absolute Gasteiger partial charge is 0.322 e. The summed E-state index contributed by atoms with van der Waals surface area (Å²) < 4.78 is 10.7. The number of anilines is 2. The first-order valence-electron chi connectivity index (χ1n) is 8.70. The van der Waals surface area contributed by atoms with Crippen LogP contribution in [-0.4, -0.2) is 52.9 Å². The van der Waals surface area contributed by atoms with Crippen LogP contribution in [-0.2, 0) is 0 Å². The first-order chi connectivity index (χ1) is 12.7. The number of nitrogens with one attached hydrogen (secondary N) is 1. The van der Waals surface area contributed by atoms with Gasteiger partial charge in [0, 0.05) is 36.6 Å². The Morgan fingerprint density at radius 1 is 1.15 bits per heavy atom. The molecule has 5 heterocycles. The molecule has 2 atom stereocenters. The van der Waals surface area contributed by atoms with Crippen molar-refractivity contribution in [2.45, 2.75) is 25.4 Å². The van der Waals surface area contributed by atoms with Crippen LogP contribution in [0.3, 0.4) is 0 Å². The van der Waals surface area contributed by atoms with Gasteiger partial charge in [0.25, 0.3) is 0 Å². The van der Waals surface area contributed by atoms with Gasteiger partial charge in [-0.2, -0.15) is 0 Å². The number of carbonyl (C=O) groups is 1. The van der Waals surface area contributed by atoms with Crippen molar-refractivity contribution in [3.05, 3.63) is 36.3 Å². The van der Waals surface area contributed by atoms with E-state index < -0.39 is 0 Å². The first-order valence-corrected chi connectivity index (χ1v) is 8.70. The maximum Gasteiger partial charge on any atom is 0.322 e. The lowest BCUT2D eigenvalue weighted by molar-refractivity contribution is 0.0436. The number of hydrogen-bond donors (Lipinski definition) is 1. The Bertz CT molecular complexity index is 862. The van der Waals surface area contributed by atoms with Crippen LogP contribution in [0.25, 0.3) is 0 Å². The van der Waals surface area contributed by atoms with E-state index in [0.29, 0.717) is 17.2 Å². The van der Waals surface area contributed by atoms with E-state index in [4.69, 9.17) is 9.47 Å². The number of amides is 2. The van der Waals surface area contributed by atoms with Crippen molar-refractivity contribution in [1.29, 1.82) is 0 Å². The highest BCUT2D eigenvalue weighted by Gasteiger charge is 2.47. The Labute approximate surface area is 150 Å². The summed E-state index contributed by atoms with van der Waals surface area (Å²) >= 11 is 0. The van der Waals surface area contributed by atoms with Gasteiger partial charge in [-0.25, -0.2) is 14.8 Å². The number of urea groups is 1. The average Bonchev–Trinajstić information content (AvgIpc) is 3.09. The molecule has 2 aromatic rings. The molecule has 0 spiro atoms. The minimum absolute atomic E-state index is 0.0661. The third-order valence-corrected chi connectivity index (χ3v) is 5.16. The third-order valence-electron chi connectivity index (χ3n) is 5.16. The summed E-state index contributed by atoms with van der Waals surface area (Å²) in [5.74, 6) is 2.31. The fraction of sp³-hybridized carbons (Fsp3) is 0.389. The standard InChI is InChI=1S/C18H19N5O3/c1-11-4-17(20-9-19-11)22-7-13-6-14(8-22)23(13)18(24)21-12-2-3-15-16(5-12)26-10-25-15/h2-5,9,13-14H,6-8,10H2,1H3,(H,21,24). The number of piperazine rings is 1. The minimum atomic E-state index is -0.0661. The number of hydrogen-bond acceptors (Lipinski definition) is 6. The van der Waals surface area contributed by atoms with E-state index >= 15 is 0 Å². The second kappa shape index (κ2) is 5.76. The van der Waals surface area contributed by atoms with Gasteiger partial charge in [-0.05, 0) is 25.5 Å². The number of piperidine rings is 1. The van der Waals surface area contributed by atoms with Crippen molar-refractivity contribution < 1.29 is 14.3 Å². The van der Waals surface area contributed by atoms with Crippen molar-refractivity contribution in [3.63, 3.8) is 0 Å². The van der Waals surface area contributed by atoms with Crippen molar-refractivity contribution >= 4 is 17.5 Å². The lowest BCUT2D eigenvalue weighted by atomic mass is 9.88. The molecule has 0 aliphatic carbocycles. The van der Waals surface area contributed by atoms with Gasteiger partial charge >= 0.3 is 6.03 Å². The van der Waals surface area contributed by atoms with E-state index in [2.05, 4.69) is 20.2 Å². The Morgan fingerprint density at radius 2 is 1.96 bits per heavy atom. The highest BCUT2D eigenvalue weighted by atomic mass is 16.7. The Morgan fingerprint density at radius 3 is 2.77 bits per heavy atom. The molecule has 2 unspecified atom stereocenters. The lowest BCUT2D eigenvalue weighted by Crippen LogP contribution is -2.71. The zero-order chi connectivity index (χ0) is 17.7. The second-order valence-corrected chi connectivity index (χ2v) is 6.87. The maximum atomic E-state index is 12.7. The molecule has 4 aliphatic heterocycles. The molecule has 1 aromatic heterocycles. The zero-order valence-electron chi connectivity index (χ0n) is 14.4. The quantitative estimate of drug-likeness (QED) is 0.890. The lowest BCUT2D eigenvalue weighted by Gasteiger charge is -2.56. The SMILES string of the molecule is Cc1cc(N2CC3CC(C2)N3C(=O)Nc2ccc3c(c2)OCO3)ncn1. The van der Waals surface area contributed by atoms with Gasteiger partial charge in [0.15, 0.2) is 11.5 Å². The molecule has 8 nitrogen and oxygen atoms in total. The molecule has 1 N–H and O–H groups in total. The molecule has 8 heteroatoms. The molecule has 4 aliphatic rings. The summed E-state index contributed by atoms with van der Waals surface area (Å²) in [7, 11) is 0. The Kier molecular flexibility index (Phi) is 3.37. The highest BCUT2D eigenvalue weighted by Crippen LogP contribution is 2.36. The minimum Gasteiger partial charge on any atom is -0.454 e. The van der Waals surface area contributed by atoms with Crippen molar-refractivity contribution in [2.24, 2.45) is 0 Å². The fourth-order valence-electron chi connectivity index (χ4n) is 3.90. The number of rotatable bonds is 2. The molecular formula is C18H19N5O3. The molecule has 2 amide bonds. The molecule has 1 aromatic carbocycles. The number of nitrogens with zero attached hydrogens (tertiary/aromatic N) is 4. The van der Waals surface area contributed by atoms with Gasteiger partial charge in [-0.3, -0.25) is 0 Å². The summed E-state index contributed by atoms with van der Waals surface area (Å²) in [6.07, 6.45) is 2.63. The van der Waals surface area contributed by atoms with E-state index in [1.54, 1.807) is 12.4 Å². The topological polar surface area (TPSA) is 79.8 Å². The third kappa shape index (κ3) is 2.49. The van der Waals surface area contributed by atoms with Crippen LogP contribution in [0.15, 0.2) is 30.6 Å². The van der Waals surface area contributed by atoms with Gasteiger partial charge in [0.2, 0.25) is 6.79 Å². The number of fused-ring (bicyclic) bond motifs is 3. The monoisotopic (exact) mass is 353 g/mol. The molecule has 3 fully saturated rings. The molecular weight excluding hydrogens is 334 g/mol. The molecule has 0 radical (unpaired) electrons. The second-order valence-electron chi connectivity index (χ2n) is 6.87. The first kappa shape index (κ1) is 15.2. The van der Waals surface area contributed by atoms with Crippen molar-refractivity contribution in [1.82, 2.24) is 14.9 Å². The number of aromatic nitrogens is 2. The molecule has 3 saturated heterocycles. The summed E-state index contributed by atoms with van der Waals surface area (Å²) in [5.41, 5.74) is 1.67. The maximum absolute atomic E-state index is 12.7. The van der Waals surface area contributed by atoms with Crippen LogP contribution >= 0.6 is 0 Å². The van der Waals surface area contributed by atoms with E-state index in [9.17, 15) is 4.79 Å². The van der Waals surface area contributed by atoms with E-state index in [-0.39, 0.29) is 24.9 Å². The molecule has 26 heavy (non-hydrogen) atoms. The average molecular weight is 353 g/mol. The summed E-state index contributed by atoms with van der Waals surface area (Å²) in [4.78, 5) is 25.4. The van der Waals surface area contributed by atoms with Crippen LogP contribution in [0.2, 0.25) is 0 Å². The highest BCUT2D eigenvalue weighted by molar-refractivity contribution is 5.91. The molecule has 6 rings (SSSR count). The van der Waals surface area contributed by atoms with Crippen molar-refractivity contribution in [2.75, 3.05) is 30.1 Å². The van der Waals surface area contributed by atoms with E-state index in [0.717, 1.165) is 31.0 Å². The van der Waals surface area contributed by atoms with E-state index in [1.165, 1.54) is 0 Å². The van der Waals surface area contributed by atoms with Crippen LogP contribution in [0, 0.1) is 6.92 Å². The van der Waals surface area contributed by atoms with Gasteiger partial charge < -0.3 is 24.6 Å². The Balaban J connectivity index is 1.26. The van der Waals surface area contributed by atoms with Gasteiger partial charge in [0.05, 0.1) is 12.1 Å². The normalized spacial score (nSPS) is 22.8. The van der Waals surface area contributed by atoms with Gasteiger partial charge in [0.1, 0.15) is 12.1 Å². The summed E-state index contributed by atoms with van der Waals surface area (Å²) in [6, 6.07) is 7.78. The predicted octanol–water partition coefficient (Wildman–Crippen LogP) is 2.01. The number of aryl methyl sites for hydroxylation is 1. The predicted molar refractivity (Wildman–Crippen MR) is 94.6 cm³/mol. The number of ether oxygens (including phenoxy) is 2. The van der Waals surface area contributed by atoms with Crippen LogP contribution in [0.1, 0.15) is 12.1 Å². The Hall–Kier alpha value is -3.03. The van der Waals surface area contributed by atoms with Gasteiger partial charge in [-0.1, -0.05) is 0 Å². The van der Waals surface area contributed by atoms with Gasteiger partial charge in [-0.15, -0.1) is 0 Å². The van der Waals surface area contributed by atoms with Crippen LogP contribution in [0.4, 0.5) is 16.3 Å². The molecule has 0 saturated carbocycles.